The zero-order valence-electron chi connectivity index (χ0n) is 13.6. The fourth-order valence-corrected chi connectivity index (χ4v) is 2.41. The first kappa shape index (κ1) is 17.7. The van der Waals surface area contributed by atoms with E-state index in [0.29, 0.717) is 30.8 Å². The molecule has 0 aliphatic carbocycles. The van der Waals surface area contributed by atoms with Crippen molar-refractivity contribution in [3.8, 4) is 0 Å². The van der Waals surface area contributed by atoms with E-state index in [-0.39, 0.29) is 11.6 Å². The van der Waals surface area contributed by atoms with E-state index in [1.807, 2.05) is 6.92 Å². The summed E-state index contributed by atoms with van der Waals surface area (Å²) in [4.78, 5) is 4.03. The third kappa shape index (κ3) is 5.14. The van der Waals surface area contributed by atoms with Crippen molar-refractivity contribution in [1.29, 1.82) is 0 Å². The van der Waals surface area contributed by atoms with E-state index in [1.54, 1.807) is 0 Å². The monoisotopic (exact) mass is 299 g/mol. The van der Waals surface area contributed by atoms with Crippen LogP contribution in [0.25, 0.3) is 0 Å². The number of rotatable bonds is 8. The van der Waals surface area contributed by atoms with Crippen molar-refractivity contribution < 1.29 is 8.78 Å². The van der Waals surface area contributed by atoms with E-state index in [9.17, 15) is 8.78 Å². The smallest absolute Gasteiger partial charge is 0.168 e. The molecule has 0 aliphatic rings. The largest absolute Gasteiger partial charge is 0.368 e. The van der Waals surface area contributed by atoms with Crippen molar-refractivity contribution in [1.82, 2.24) is 4.98 Å². The lowest BCUT2D eigenvalue weighted by Crippen LogP contribution is -2.25. The molecular formula is C16H27F2N3. The molecule has 21 heavy (non-hydrogen) atoms. The molecule has 0 radical (unpaired) electrons. The summed E-state index contributed by atoms with van der Waals surface area (Å²) in [6.07, 6.45) is 0.851. The molecule has 0 unspecified atom stereocenters. The zero-order valence-corrected chi connectivity index (χ0v) is 13.6. The van der Waals surface area contributed by atoms with Crippen LogP contribution in [0, 0.1) is 29.4 Å². The average Bonchev–Trinajstić information content (AvgIpc) is 2.39. The van der Waals surface area contributed by atoms with E-state index in [2.05, 4.69) is 43.3 Å². The van der Waals surface area contributed by atoms with E-state index >= 15 is 0 Å². The van der Waals surface area contributed by atoms with Crippen molar-refractivity contribution in [2.45, 2.75) is 41.0 Å². The second kappa shape index (κ2) is 8.15. The van der Waals surface area contributed by atoms with Gasteiger partial charge in [-0.3, -0.25) is 0 Å². The summed E-state index contributed by atoms with van der Waals surface area (Å²) in [5, 5.41) is 5.90. The molecule has 0 saturated heterocycles. The van der Waals surface area contributed by atoms with Crippen LogP contribution in [-0.2, 0) is 0 Å². The van der Waals surface area contributed by atoms with Crippen LogP contribution in [0.1, 0.15) is 41.0 Å². The van der Waals surface area contributed by atoms with Gasteiger partial charge in [-0.25, -0.2) is 13.8 Å². The molecule has 0 spiro atoms. The third-order valence-electron chi connectivity index (χ3n) is 3.69. The first-order valence-corrected chi connectivity index (χ1v) is 7.70. The summed E-state index contributed by atoms with van der Waals surface area (Å²) in [5.41, 5.74) is 0. The highest BCUT2D eigenvalue weighted by Crippen LogP contribution is 2.23. The van der Waals surface area contributed by atoms with Gasteiger partial charge in [-0.15, -0.1) is 0 Å². The Morgan fingerprint density at radius 3 is 2.00 bits per heavy atom. The second-order valence-corrected chi connectivity index (χ2v) is 6.11. The Morgan fingerprint density at radius 2 is 1.52 bits per heavy atom. The van der Waals surface area contributed by atoms with Crippen LogP contribution >= 0.6 is 0 Å². The van der Waals surface area contributed by atoms with Gasteiger partial charge in [0.1, 0.15) is 0 Å². The molecule has 3 nitrogen and oxygen atoms in total. The van der Waals surface area contributed by atoms with Crippen molar-refractivity contribution in [2.24, 2.45) is 17.8 Å². The number of aromatic nitrogens is 1. The van der Waals surface area contributed by atoms with Gasteiger partial charge in [0, 0.05) is 19.2 Å². The van der Waals surface area contributed by atoms with Crippen LogP contribution in [0.15, 0.2) is 6.07 Å². The Kier molecular flexibility index (Phi) is 6.85. The van der Waals surface area contributed by atoms with Crippen molar-refractivity contribution in [3.05, 3.63) is 17.7 Å². The fraction of sp³-hybridized carbons (Fsp3) is 0.688. The standard InChI is InChI=1S/C16H27F2N3/c1-6-7-19-15-13(17)8-14(18)16(21-15)20-9-12(10(2)3)11(4)5/h8,10-12H,6-7,9H2,1-5H3,(H2,19,20,21). The number of hydrogen-bond donors (Lipinski definition) is 2. The van der Waals surface area contributed by atoms with Crippen LogP contribution in [-0.4, -0.2) is 18.1 Å². The molecule has 1 rings (SSSR count). The molecule has 0 fully saturated rings. The summed E-state index contributed by atoms with van der Waals surface area (Å²) in [7, 11) is 0. The highest BCUT2D eigenvalue weighted by Gasteiger charge is 2.19. The fourth-order valence-electron chi connectivity index (χ4n) is 2.41. The molecular weight excluding hydrogens is 272 g/mol. The maximum absolute atomic E-state index is 13.8. The van der Waals surface area contributed by atoms with Crippen molar-refractivity contribution >= 4 is 11.6 Å². The number of nitrogens with one attached hydrogen (secondary N) is 2. The number of halogens is 2. The highest BCUT2D eigenvalue weighted by molar-refractivity contribution is 5.47. The number of anilines is 2. The van der Waals surface area contributed by atoms with Crippen LogP contribution in [0.4, 0.5) is 20.4 Å². The average molecular weight is 299 g/mol. The molecule has 5 heteroatoms. The highest BCUT2D eigenvalue weighted by atomic mass is 19.1. The lowest BCUT2D eigenvalue weighted by molar-refractivity contribution is 0.304. The maximum atomic E-state index is 13.8. The summed E-state index contributed by atoms with van der Waals surface area (Å²) in [5.74, 6) is 0.282. The Balaban J connectivity index is 2.82. The molecule has 0 aliphatic heterocycles. The lowest BCUT2D eigenvalue weighted by atomic mass is 9.85. The van der Waals surface area contributed by atoms with E-state index in [4.69, 9.17) is 0 Å². The zero-order chi connectivity index (χ0) is 16.0. The first-order valence-electron chi connectivity index (χ1n) is 7.70. The van der Waals surface area contributed by atoms with Gasteiger partial charge < -0.3 is 10.6 Å². The van der Waals surface area contributed by atoms with E-state index in [0.717, 1.165) is 12.5 Å². The minimum atomic E-state index is -0.657. The molecule has 0 bridgehead atoms. The third-order valence-corrected chi connectivity index (χ3v) is 3.69. The Morgan fingerprint density at radius 1 is 1.00 bits per heavy atom. The van der Waals surface area contributed by atoms with Crippen LogP contribution < -0.4 is 10.6 Å². The number of hydrogen-bond acceptors (Lipinski definition) is 3. The van der Waals surface area contributed by atoms with Gasteiger partial charge in [-0.1, -0.05) is 34.6 Å². The molecule has 0 amide bonds. The van der Waals surface area contributed by atoms with Gasteiger partial charge in [-0.05, 0) is 24.2 Å². The minimum absolute atomic E-state index is 0.103. The van der Waals surface area contributed by atoms with E-state index < -0.39 is 11.6 Å². The van der Waals surface area contributed by atoms with Gasteiger partial charge in [0.15, 0.2) is 23.3 Å². The summed E-state index contributed by atoms with van der Waals surface area (Å²) in [6.45, 7) is 11.8. The Hall–Kier alpha value is -1.39. The summed E-state index contributed by atoms with van der Waals surface area (Å²) in [6, 6.07) is 0.882. The molecule has 2 N–H and O–H groups in total. The number of nitrogens with zero attached hydrogens (tertiary/aromatic N) is 1. The predicted molar refractivity (Wildman–Crippen MR) is 84.6 cm³/mol. The molecule has 1 aromatic rings. The van der Waals surface area contributed by atoms with Gasteiger partial charge >= 0.3 is 0 Å². The first-order chi connectivity index (χ1) is 9.86. The van der Waals surface area contributed by atoms with Gasteiger partial charge in [0.25, 0.3) is 0 Å². The Bertz CT molecular complexity index is 439. The van der Waals surface area contributed by atoms with Crippen molar-refractivity contribution in [2.75, 3.05) is 23.7 Å². The molecule has 0 saturated carbocycles. The van der Waals surface area contributed by atoms with Gasteiger partial charge in [0.2, 0.25) is 0 Å². The van der Waals surface area contributed by atoms with Crippen molar-refractivity contribution in [3.63, 3.8) is 0 Å². The quantitative estimate of drug-likeness (QED) is 0.741. The van der Waals surface area contributed by atoms with Gasteiger partial charge in [-0.2, -0.15) is 0 Å². The maximum Gasteiger partial charge on any atom is 0.168 e. The predicted octanol–water partition coefficient (Wildman–Crippen LogP) is 4.52. The molecule has 1 aromatic heterocycles. The second-order valence-electron chi connectivity index (χ2n) is 6.11. The van der Waals surface area contributed by atoms with E-state index in [1.165, 1.54) is 0 Å². The van der Waals surface area contributed by atoms with Crippen LogP contribution in [0.2, 0.25) is 0 Å². The van der Waals surface area contributed by atoms with Gasteiger partial charge in [0.05, 0.1) is 0 Å². The molecule has 0 aromatic carbocycles. The summed E-state index contributed by atoms with van der Waals surface area (Å²) < 4.78 is 27.4. The molecule has 120 valence electrons. The van der Waals surface area contributed by atoms with Crippen LogP contribution in [0.3, 0.4) is 0 Å². The minimum Gasteiger partial charge on any atom is -0.368 e. The lowest BCUT2D eigenvalue weighted by Gasteiger charge is -2.25. The SMILES string of the molecule is CCCNc1nc(NCC(C(C)C)C(C)C)c(F)cc1F. The summed E-state index contributed by atoms with van der Waals surface area (Å²) >= 11 is 0. The molecule has 0 atom stereocenters. The Labute approximate surface area is 126 Å². The normalized spacial score (nSPS) is 11.5. The van der Waals surface area contributed by atoms with Crippen LogP contribution in [0.5, 0.6) is 0 Å². The number of pyridine rings is 1. The topological polar surface area (TPSA) is 37.0 Å². The molecule has 1 heterocycles.